The molecule has 1 aliphatic rings. The van der Waals surface area contributed by atoms with Crippen LogP contribution in [0.5, 0.6) is 0 Å². The Morgan fingerprint density at radius 2 is 0.951 bits per heavy atom. The van der Waals surface area contributed by atoms with Gasteiger partial charge in [0, 0.05) is 37.0 Å². The van der Waals surface area contributed by atoms with Gasteiger partial charge in [-0.15, -0.1) is 11.3 Å². The van der Waals surface area contributed by atoms with Crippen molar-refractivity contribution >= 4 is 59.3 Å². The van der Waals surface area contributed by atoms with E-state index in [1.54, 1.807) is 0 Å². The Bertz CT molecular complexity index is 3400. The lowest BCUT2D eigenvalue weighted by molar-refractivity contribution is 0.768. The summed E-state index contributed by atoms with van der Waals surface area (Å²) < 4.78 is 2.61. The van der Waals surface area contributed by atoms with Crippen LogP contribution in [0.15, 0.2) is 237 Å². The summed E-state index contributed by atoms with van der Waals surface area (Å²) >= 11 is 1.87. The highest BCUT2D eigenvalue weighted by atomic mass is 32.1. The molecule has 10 aromatic carbocycles. The second-order valence-corrected chi connectivity index (χ2v) is 17.1. The van der Waals surface area contributed by atoms with Crippen molar-refractivity contribution in [2.75, 3.05) is 4.90 Å². The fraction of sp³-hybridized carbons (Fsp3) is 0.0169. The Labute approximate surface area is 360 Å². The van der Waals surface area contributed by atoms with Crippen molar-refractivity contribution in [3.8, 4) is 33.4 Å². The number of thiophene rings is 1. The van der Waals surface area contributed by atoms with E-state index in [1.165, 1.54) is 86.6 Å². The van der Waals surface area contributed by atoms with Crippen molar-refractivity contribution in [2.24, 2.45) is 0 Å². The summed E-state index contributed by atoms with van der Waals surface area (Å²) in [7, 11) is 0. The van der Waals surface area contributed by atoms with Gasteiger partial charge in [-0.3, -0.25) is 0 Å². The molecular formula is C59H39NS. The number of hydrogen-bond acceptors (Lipinski definition) is 2. The summed E-state index contributed by atoms with van der Waals surface area (Å²) in [5, 5.41) is 5.08. The highest BCUT2D eigenvalue weighted by Gasteiger charge is 2.47. The molecule has 0 N–H and O–H groups in total. The van der Waals surface area contributed by atoms with Crippen molar-refractivity contribution in [2.45, 2.75) is 5.41 Å². The summed E-state index contributed by atoms with van der Waals surface area (Å²) in [5.74, 6) is 0. The van der Waals surface area contributed by atoms with Gasteiger partial charge in [0.2, 0.25) is 0 Å². The molecule has 0 unspecified atom stereocenters. The predicted octanol–water partition coefficient (Wildman–Crippen LogP) is 16.4. The second-order valence-electron chi connectivity index (χ2n) is 16.0. The van der Waals surface area contributed by atoms with Crippen LogP contribution in [-0.2, 0) is 5.41 Å². The largest absolute Gasteiger partial charge is 0.309 e. The zero-order valence-corrected chi connectivity index (χ0v) is 34.2. The molecule has 2 heteroatoms. The molecule has 1 aliphatic carbocycles. The van der Waals surface area contributed by atoms with Crippen LogP contribution in [0.1, 0.15) is 22.3 Å². The summed E-state index contributed by atoms with van der Waals surface area (Å²) in [6.07, 6.45) is 0. The van der Waals surface area contributed by atoms with Gasteiger partial charge >= 0.3 is 0 Å². The first-order chi connectivity index (χ1) is 30.3. The van der Waals surface area contributed by atoms with Gasteiger partial charge in [0.15, 0.2) is 0 Å². The smallest absolute Gasteiger partial charge is 0.0714 e. The molecule has 1 heterocycles. The molecule has 0 amide bonds. The summed E-state index contributed by atoms with van der Waals surface area (Å²) in [5.41, 5.74) is 15.2. The third-order valence-corrected chi connectivity index (χ3v) is 13.9. The molecule has 0 spiro atoms. The lowest BCUT2D eigenvalue weighted by Gasteiger charge is -2.34. The Kier molecular flexibility index (Phi) is 8.33. The van der Waals surface area contributed by atoms with Crippen molar-refractivity contribution < 1.29 is 0 Å². The van der Waals surface area contributed by atoms with E-state index in [0.29, 0.717) is 0 Å². The Morgan fingerprint density at radius 3 is 1.79 bits per heavy atom. The van der Waals surface area contributed by atoms with Gasteiger partial charge < -0.3 is 4.90 Å². The SMILES string of the molecule is c1ccc(C2(c3ccccc3)c3ccccc3-c3c(N(c4cccc(-c5cccc6sc7ccccc7c56)c4)c4ccccc4-c4ccc5ccccc5c4)cccc32)cc1. The number of para-hydroxylation sites is 1. The van der Waals surface area contributed by atoms with Gasteiger partial charge in [-0.2, -0.15) is 0 Å². The zero-order valence-electron chi connectivity index (χ0n) is 33.4. The van der Waals surface area contributed by atoms with E-state index in [0.717, 1.165) is 17.1 Å². The Morgan fingerprint density at radius 1 is 0.361 bits per heavy atom. The molecule has 0 aliphatic heterocycles. The van der Waals surface area contributed by atoms with Crippen LogP contribution in [-0.4, -0.2) is 0 Å². The van der Waals surface area contributed by atoms with Crippen LogP contribution in [0.25, 0.3) is 64.3 Å². The molecule has 0 bridgehead atoms. The van der Waals surface area contributed by atoms with Crippen LogP contribution in [0.4, 0.5) is 17.1 Å². The maximum Gasteiger partial charge on any atom is 0.0714 e. The van der Waals surface area contributed by atoms with Gasteiger partial charge in [0.25, 0.3) is 0 Å². The van der Waals surface area contributed by atoms with Crippen LogP contribution >= 0.6 is 11.3 Å². The van der Waals surface area contributed by atoms with Crippen molar-refractivity contribution in [3.63, 3.8) is 0 Å². The molecule has 0 atom stereocenters. The van der Waals surface area contributed by atoms with Crippen LogP contribution in [0, 0.1) is 0 Å². The number of anilines is 3. The van der Waals surface area contributed by atoms with Gasteiger partial charge in [-0.1, -0.05) is 194 Å². The van der Waals surface area contributed by atoms with E-state index >= 15 is 0 Å². The van der Waals surface area contributed by atoms with Crippen LogP contribution in [0.3, 0.4) is 0 Å². The highest BCUT2D eigenvalue weighted by molar-refractivity contribution is 7.25. The lowest BCUT2D eigenvalue weighted by Crippen LogP contribution is -2.28. The average Bonchev–Trinajstić information content (AvgIpc) is 3.87. The third kappa shape index (κ3) is 5.53. The van der Waals surface area contributed by atoms with Crippen molar-refractivity contribution in [1.82, 2.24) is 0 Å². The van der Waals surface area contributed by atoms with E-state index in [4.69, 9.17) is 0 Å². The minimum Gasteiger partial charge on any atom is -0.309 e. The molecule has 11 aromatic rings. The van der Waals surface area contributed by atoms with Gasteiger partial charge in [0.1, 0.15) is 0 Å². The normalized spacial score (nSPS) is 12.7. The van der Waals surface area contributed by atoms with E-state index in [9.17, 15) is 0 Å². The molecule has 286 valence electrons. The number of fused-ring (bicyclic) bond motifs is 7. The van der Waals surface area contributed by atoms with Gasteiger partial charge in [-0.05, 0) is 97.7 Å². The summed E-state index contributed by atoms with van der Waals surface area (Å²) in [4.78, 5) is 2.53. The quantitative estimate of drug-likeness (QED) is 0.155. The van der Waals surface area contributed by atoms with E-state index in [1.807, 2.05) is 11.3 Å². The van der Waals surface area contributed by atoms with E-state index in [-0.39, 0.29) is 0 Å². The number of benzene rings is 10. The average molecular weight is 794 g/mol. The summed E-state index contributed by atoms with van der Waals surface area (Å²) in [6.45, 7) is 0. The number of hydrogen-bond donors (Lipinski definition) is 0. The molecular weight excluding hydrogens is 755 g/mol. The third-order valence-electron chi connectivity index (χ3n) is 12.7. The maximum atomic E-state index is 2.53. The molecule has 0 fully saturated rings. The zero-order chi connectivity index (χ0) is 40.3. The predicted molar refractivity (Wildman–Crippen MR) is 260 cm³/mol. The minimum absolute atomic E-state index is 0.522. The molecule has 0 saturated heterocycles. The standard InChI is InChI=1S/C59H39NS/c1-3-21-44(22-4-1)59(45-23-5-2-6-24-45)51-30-12-9-27-49(51)58-52(59)31-17-33-54(58)60(53-32-13-10-26-47(53)43-37-36-40-18-7-8-19-41(40)38-43)46-25-15-20-42(39-46)48-29-16-35-56-57(48)50-28-11-14-34-55(50)61-56/h1-39H. The van der Waals surface area contributed by atoms with Crippen LogP contribution in [0.2, 0.25) is 0 Å². The fourth-order valence-electron chi connectivity index (χ4n) is 10.2. The van der Waals surface area contributed by atoms with E-state index in [2.05, 4.69) is 241 Å². The molecule has 0 saturated carbocycles. The van der Waals surface area contributed by atoms with E-state index < -0.39 is 5.41 Å². The first-order valence-electron chi connectivity index (χ1n) is 21.0. The number of nitrogens with zero attached hydrogens (tertiary/aromatic N) is 1. The van der Waals surface area contributed by atoms with Gasteiger partial charge in [-0.25, -0.2) is 0 Å². The second kappa shape index (κ2) is 14.3. The lowest BCUT2D eigenvalue weighted by atomic mass is 9.68. The molecule has 1 nitrogen and oxygen atoms in total. The Balaban J connectivity index is 1.16. The van der Waals surface area contributed by atoms with Gasteiger partial charge in [0.05, 0.1) is 16.8 Å². The molecule has 61 heavy (non-hydrogen) atoms. The summed E-state index contributed by atoms with van der Waals surface area (Å²) in [6, 6.07) is 87.4. The molecule has 0 radical (unpaired) electrons. The first-order valence-corrected chi connectivity index (χ1v) is 21.8. The monoisotopic (exact) mass is 793 g/mol. The first kappa shape index (κ1) is 35.4. The Hall–Kier alpha value is -7.52. The van der Waals surface area contributed by atoms with Crippen molar-refractivity contribution in [1.29, 1.82) is 0 Å². The molecule has 12 rings (SSSR count). The topological polar surface area (TPSA) is 3.24 Å². The maximum absolute atomic E-state index is 2.53. The van der Waals surface area contributed by atoms with Crippen molar-refractivity contribution in [3.05, 3.63) is 259 Å². The fourth-order valence-corrected chi connectivity index (χ4v) is 11.3. The number of rotatable bonds is 7. The minimum atomic E-state index is -0.522. The highest BCUT2D eigenvalue weighted by Crippen LogP contribution is 2.60. The van der Waals surface area contributed by atoms with Crippen LogP contribution < -0.4 is 4.90 Å². The molecule has 1 aromatic heterocycles.